The fraction of sp³-hybridized carbons (Fsp3) is 0.273. The monoisotopic (exact) mass is 493 g/mol. The van der Waals surface area contributed by atoms with Crippen LogP contribution in [0.2, 0.25) is 0 Å². The highest BCUT2D eigenvalue weighted by atomic mass is 32.2. The lowest BCUT2D eigenvalue weighted by molar-refractivity contribution is -0.122. The smallest absolute Gasteiger partial charge is 0.387 e. The van der Waals surface area contributed by atoms with Crippen molar-refractivity contribution in [2.45, 2.75) is 13.5 Å². The number of nitrogens with zero attached hydrogens (tertiary/aromatic N) is 2. The average molecular weight is 493 g/mol. The summed E-state index contributed by atoms with van der Waals surface area (Å²) in [5.74, 6) is -0.890. The Morgan fingerprint density at radius 3 is 2.76 bits per heavy atom. The van der Waals surface area contributed by atoms with Gasteiger partial charge in [-0.25, -0.2) is 4.98 Å². The van der Waals surface area contributed by atoms with Crippen LogP contribution < -0.4 is 19.5 Å². The van der Waals surface area contributed by atoms with E-state index in [-0.39, 0.29) is 40.9 Å². The Hall–Kier alpha value is -3.67. The summed E-state index contributed by atoms with van der Waals surface area (Å²) >= 11 is 0.733. The van der Waals surface area contributed by atoms with Crippen molar-refractivity contribution in [1.82, 2.24) is 15.2 Å². The van der Waals surface area contributed by atoms with Crippen LogP contribution in [0.3, 0.4) is 0 Å². The molecule has 9 nitrogen and oxygen atoms in total. The molecule has 1 aliphatic rings. The lowest BCUT2D eigenvalue weighted by Crippen LogP contribution is -2.37. The summed E-state index contributed by atoms with van der Waals surface area (Å²) in [5, 5.41) is 2.15. The number of pyridine rings is 1. The molecule has 0 saturated carbocycles. The predicted molar refractivity (Wildman–Crippen MR) is 120 cm³/mol. The molecule has 1 aromatic carbocycles. The number of rotatable bonds is 10. The molecule has 12 heteroatoms. The maximum Gasteiger partial charge on any atom is 0.387 e. The number of halogens is 2. The highest BCUT2D eigenvalue weighted by Gasteiger charge is 2.34. The average Bonchev–Trinajstić information content (AvgIpc) is 3.07. The van der Waals surface area contributed by atoms with Gasteiger partial charge in [0.1, 0.15) is 5.56 Å². The lowest BCUT2D eigenvalue weighted by Gasteiger charge is -2.14. The van der Waals surface area contributed by atoms with Crippen molar-refractivity contribution in [1.29, 1.82) is 0 Å². The Labute approximate surface area is 198 Å². The molecule has 1 aromatic heterocycles. The molecule has 3 rings (SSSR count). The first-order valence-electron chi connectivity index (χ1n) is 10.1. The number of carbonyl (C=O) groups is 3. The van der Waals surface area contributed by atoms with Crippen molar-refractivity contribution in [2.24, 2.45) is 0 Å². The van der Waals surface area contributed by atoms with Gasteiger partial charge in [0.2, 0.25) is 5.88 Å². The number of benzene rings is 1. The normalized spacial score (nSPS) is 14.6. The topological polar surface area (TPSA) is 107 Å². The van der Waals surface area contributed by atoms with E-state index in [0.717, 1.165) is 16.7 Å². The van der Waals surface area contributed by atoms with E-state index in [2.05, 4.69) is 15.0 Å². The van der Waals surface area contributed by atoms with Crippen LogP contribution in [0.25, 0.3) is 6.08 Å². The van der Waals surface area contributed by atoms with E-state index in [9.17, 15) is 23.2 Å². The Balaban J connectivity index is 1.64. The second-order valence-corrected chi connectivity index (χ2v) is 7.66. The number of ether oxygens (including phenoxy) is 3. The number of thioether (sulfide) groups is 1. The Bertz CT molecular complexity index is 1110. The van der Waals surface area contributed by atoms with Gasteiger partial charge < -0.3 is 19.5 Å². The van der Waals surface area contributed by atoms with Gasteiger partial charge in [-0.05, 0) is 54.6 Å². The minimum Gasteiger partial charge on any atom is -0.493 e. The first-order chi connectivity index (χ1) is 16.3. The minimum atomic E-state index is -3.01. The van der Waals surface area contributed by atoms with E-state index < -0.39 is 23.7 Å². The van der Waals surface area contributed by atoms with Crippen LogP contribution in [0.15, 0.2) is 41.4 Å². The molecule has 1 aliphatic heterocycles. The summed E-state index contributed by atoms with van der Waals surface area (Å²) in [6, 6.07) is 7.31. The fourth-order valence-electron chi connectivity index (χ4n) is 3.00. The zero-order valence-electron chi connectivity index (χ0n) is 18.2. The molecule has 0 unspecified atom stereocenters. The van der Waals surface area contributed by atoms with Gasteiger partial charge in [-0.1, -0.05) is 6.07 Å². The van der Waals surface area contributed by atoms with E-state index >= 15 is 0 Å². The third kappa shape index (κ3) is 6.01. The summed E-state index contributed by atoms with van der Waals surface area (Å²) in [6.07, 6.45) is 2.95. The maximum absolute atomic E-state index is 12.7. The number of amides is 3. The molecule has 0 spiro atoms. The standard InChI is InChI=1S/C22H21F2N3O6S/c1-3-32-19-14(5-4-8-26-19)18(28)25-9-10-27-20(29)17(34-22(27)30)12-13-6-7-15(33-21(23)24)16(11-13)31-2/h4-8,11-12,21H,3,9-10H2,1-2H3,(H,25,28)/b17-12-. The summed E-state index contributed by atoms with van der Waals surface area (Å²) in [6.45, 7) is -0.916. The highest BCUT2D eigenvalue weighted by Crippen LogP contribution is 2.34. The van der Waals surface area contributed by atoms with Crippen LogP contribution in [0.5, 0.6) is 17.4 Å². The molecular formula is C22H21F2N3O6S. The van der Waals surface area contributed by atoms with E-state index in [1.165, 1.54) is 37.6 Å². The third-order valence-electron chi connectivity index (χ3n) is 4.49. The van der Waals surface area contributed by atoms with Crippen LogP contribution in [0, 0.1) is 0 Å². The molecule has 0 bridgehead atoms. The predicted octanol–water partition coefficient (Wildman–Crippen LogP) is 3.56. The van der Waals surface area contributed by atoms with Gasteiger partial charge in [0, 0.05) is 19.3 Å². The summed E-state index contributed by atoms with van der Waals surface area (Å²) in [5.41, 5.74) is 0.698. The quantitative estimate of drug-likeness (QED) is 0.501. The van der Waals surface area contributed by atoms with Crippen LogP contribution in [-0.2, 0) is 4.79 Å². The van der Waals surface area contributed by atoms with Crippen molar-refractivity contribution in [3.05, 3.63) is 52.6 Å². The Morgan fingerprint density at radius 2 is 2.06 bits per heavy atom. The first-order valence-corrected chi connectivity index (χ1v) is 10.9. The first kappa shape index (κ1) is 25.0. The minimum absolute atomic E-state index is 0.0259. The molecule has 2 aromatic rings. The second kappa shape index (κ2) is 11.5. The van der Waals surface area contributed by atoms with Crippen molar-refractivity contribution in [3.8, 4) is 17.4 Å². The molecule has 0 radical (unpaired) electrons. The second-order valence-electron chi connectivity index (χ2n) is 6.67. The molecule has 0 aliphatic carbocycles. The number of alkyl halides is 2. The van der Waals surface area contributed by atoms with Crippen molar-refractivity contribution in [2.75, 3.05) is 26.8 Å². The van der Waals surface area contributed by atoms with Crippen LogP contribution in [0.1, 0.15) is 22.8 Å². The lowest BCUT2D eigenvalue weighted by atomic mass is 10.2. The largest absolute Gasteiger partial charge is 0.493 e. The van der Waals surface area contributed by atoms with Crippen molar-refractivity contribution in [3.63, 3.8) is 0 Å². The van der Waals surface area contributed by atoms with Crippen molar-refractivity contribution < 1.29 is 37.4 Å². The van der Waals surface area contributed by atoms with Crippen LogP contribution in [-0.4, -0.2) is 60.4 Å². The number of aromatic nitrogens is 1. The zero-order valence-corrected chi connectivity index (χ0v) is 19.1. The van der Waals surface area contributed by atoms with Gasteiger partial charge in [0.05, 0.1) is 18.6 Å². The SMILES string of the molecule is CCOc1ncccc1C(=O)NCCN1C(=O)S/C(=C\c2ccc(OC(F)F)c(OC)c2)C1=O. The molecule has 180 valence electrons. The van der Waals surface area contributed by atoms with E-state index in [1.807, 2.05) is 0 Å². The molecule has 1 N–H and O–H groups in total. The fourth-order valence-corrected chi connectivity index (χ4v) is 3.87. The maximum atomic E-state index is 12.7. The van der Waals surface area contributed by atoms with E-state index in [4.69, 9.17) is 9.47 Å². The number of imide groups is 1. The van der Waals surface area contributed by atoms with Gasteiger partial charge in [-0.3, -0.25) is 19.3 Å². The van der Waals surface area contributed by atoms with Gasteiger partial charge in [0.15, 0.2) is 11.5 Å². The summed E-state index contributed by atoms with van der Waals surface area (Å²) in [7, 11) is 1.29. The van der Waals surface area contributed by atoms with Crippen LogP contribution in [0.4, 0.5) is 13.6 Å². The summed E-state index contributed by atoms with van der Waals surface area (Å²) in [4.78, 5) is 42.6. The highest BCUT2D eigenvalue weighted by molar-refractivity contribution is 8.18. The molecule has 2 heterocycles. The zero-order chi connectivity index (χ0) is 24.7. The van der Waals surface area contributed by atoms with Gasteiger partial charge >= 0.3 is 6.61 Å². The molecule has 0 atom stereocenters. The van der Waals surface area contributed by atoms with Crippen molar-refractivity contribution >= 4 is 34.9 Å². The molecule has 1 saturated heterocycles. The van der Waals surface area contributed by atoms with Gasteiger partial charge in [-0.2, -0.15) is 8.78 Å². The number of carbonyl (C=O) groups excluding carboxylic acids is 3. The molecule has 3 amide bonds. The third-order valence-corrected chi connectivity index (χ3v) is 5.40. The summed E-state index contributed by atoms with van der Waals surface area (Å²) < 4.78 is 39.7. The van der Waals surface area contributed by atoms with Gasteiger partial charge in [-0.15, -0.1) is 0 Å². The molecule has 1 fully saturated rings. The number of hydrogen-bond acceptors (Lipinski definition) is 8. The number of hydrogen-bond donors (Lipinski definition) is 1. The Kier molecular flexibility index (Phi) is 8.41. The number of nitrogens with one attached hydrogen (secondary N) is 1. The molecular weight excluding hydrogens is 472 g/mol. The van der Waals surface area contributed by atoms with Crippen LogP contribution >= 0.6 is 11.8 Å². The van der Waals surface area contributed by atoms with E-state index in [0.29, 0.717) is 12.2 Å². The van der Waals surface area contributed by atoms with E-state index in [1.54, 1.807) is 19.1 Å². The number of methoxy groups -OCH3 is 1. The molecule has 34 heavy (non-hydrogen) atoms. The Morgan fingerprint density at radius 1 is 1.26 bits per heavy atom. The van der Waals surface area contributed by atoms with Gasteiger partial charge in [0.25, 0.3) is 17.1 Å².